The molecule has 0 unspecified atom stereocenters. The van der Waals surface area contributed by atoms with E-state index in [1.165, 1.54) is 12.1 Å². The van der Waals surface area contributed by atoms with Gasteiger partial charge in [0.2, 0.25) is 5.91 Å². The fourth-order valence-corrected chi connectivity index (χ4v) is 1.34. The highest BCUT2D eigenvalue weighted by Gasteiger charge is 2.10. The largest absolute Gasteiger partial charge is 0.366 e. The van der Waals surface area contributed by atoms with Crippen molar-refractivity contribution in [1.82, 2.24) is 0 Å². The molecule has 13 heavy (non-hydrogen) atoms. The average molecular weight is 215 g/mol. The Morgan fingerprint density at radius 1 is 1.38 bits per heavy atom. The molecule has 0 saturated heterocycles. The van der Waals surface area contributed by atoms with E-state index in [9.17, 15) is 4.79 Å². The molecule has 0 bridgehead atoms. The van der Waals surface area contributed by atoms with Crippen molar-refractivity contribution in [1.29, 1.82) is 5.26 Å². The maximum absolute atomic E-state index is 10.8. The topological polar surface area (TPSA) is 66.9 Å². The van der Waals surface area contributed by atoms with Gasteiger partial charge < -0.3 is 5.73 Å². The van der Waals surface area contributed by atoms with Crippen molar-refractivity contribution >= 4 is 29.1 Å². The Morgan fingerprint density at radius 2 is 2.00 bits per heavy atom. The molecule has 0 heterocycles. The first-order chi connectivity index (χ1) is 6.06. The van der Waals surface area contributed by atoms with Crippen LogP contribution in [-0.2, 0) is 0 Å². The number of hydrogen-bond acceptors (Lipinski definition) is 2. The van der Waals surface area contributed by atoms with Gasteiger partial charge >= 0.3 is 0 Å². The quantitative estimate of drug-likeness (QED) is 0.777. The first-order valence-corrected chi connectivity index (χ1v) is 4.01. The second kappa shape index (κ2) is 3.65. The minimum Gasteiger partial charge on any atom is -0.366 e. The molecule has 1 amide bonds. The molecule has 66 valence electrons. The smallest absolute Gasteiger partial charge is 0.250 e. The van der Waals surface area contributed by atoms with Crippen LogP contribution in [-0.4, -0.2) is 5.91 Å². The van der Waals surface area contributed by atoms with Gasteiger partial charge in [0.05, 0.1) is 21.2 Å². The normalized spacial score (nSPS) is 9.31. The van der Waals surface area contributed by atoms with Crippen LogP contribution in [0.5, 0.6) is 0 Å². The van der Waals surface area contributed by atoms with E-state index < -0.39 is 5.91 Å². The van der Waals surface area contributed by atoms with Gasteiger partial charge in [-0.1, -0.05) is 23.2 Å². The molecule has 0 aromatic heterocycles. The van der Waals surface area contributed by atoms with E-state index in [0.29, 0.717) is 0 Å². The monoisotopic (exact) mass is 214 g/mol. The van der Waals surface area contributed by atoms with Gasteiger partial charge in [-0.05, 0) is 12.1 Å². The lowest BCUT2D eigenvalue weighted by Crippen LogP contribution is -2.11. The zero-order chi connectivity index (χ0) is 10.0. The summed E-state index contributed by atoms with van der Waals surface area (Å²) >= 11 is 11.3. The van der Waals surface area contributed by atoms with Crippen LogP contribution in [0.3, 0.4) is 0 Å². The van der Waals surface area contributed by atoms with Crippen molar-refractivity contribution in [2.24, 2.45) is 5.73 Å². The van der Waals surface area contributed by atoms with Gasteiger partial charge in [-0.3, -0.25) is 4.79 Å². The second-order valence-corrected chi connectivity index (χ2v) is 3.10. The van der Waals surface area contributed by atoms with Crippen molar-refractivity contribution in [3.8, 4) is 6.07 Å². The Kier molecular flexibility index (Phi) is 2.76. The summed E-state index contributed by atoms with van der Waals surface area (Å²) in [6, 6.07) is 4.41. The maximum Gasteiger partial charge on any atom is 0.250 e. The number of rotatable bonds is 1. The highest BCUT2D eigenvalue weighted by atomic mass is 35.5. The summed E-state index contributed by atoms with van der Waals surface area (Å²) in [4.78, 5) is 10.8. The van der Waals surface area contributed by atoms with E-state index in [4.69, 9.17) is 34.2 Å². The molecule has 1 aromatic carbocycles. The number of carbonyl (C=O) groups excluding carboxylic acids is 1. The number of carbonyl (C=O) groups is 1. The van der Waals surface area contributed by atoms with E-state index in [-0.39, 0.29) is 21.2 Å². The number of halogens is 2. The van der Waals surface area contributed by atoms with Crippen LogP contribution < -0.4 is 5.73 Å². The van der Waals surface area contributed by atoms with Crippen LogP contribution in [0.15, 0.2) is 12.1 Å². The highest BCUT2D eigenvalue weighted by molar-refractivity contribution is 6.37. The van der Waals surface area contributed by atoms with Gasteiger partial charge in [0, 0.05) is 0 Å². The average Bonchev–Trinajstić information content (AvgIpc) is 2.03. The number of nitrogens with two attached hydrogens (primary N) is 1. The third-order valence-electron chi connectivity index (χ3n) is 1.44. The highest BCUT2D eigenvalue weighted by Crippen LogP contribution is 2.24. The molecule has 0 aliphatic rings. The Labute approximate surface area is 84.7 Å². The number of nitrogens with zero attached hydrogens (tertiary/aromatic N) is 1. The van der Waals surface area contributed by atoms with Crippen LogP contribution in [0.25, 0.3) is 0 Å². The predicted octanol–water partition coefficient (Wildman–Crippen LogP) is 1.96. The Hall–Kier alpha value is -1.24. The molecule has 0 radical (unpaired) electrons. The Balaban J connectivity index is 3.41. The Bertz CT molecular complexity index is 409. The lowest BCUT2D eigenvalue weighted by Gasteiger charge is -2.01. The van der Waals surface area contributed by atoms with E-state index in [1.807, 2.05) is 6.07 Å². The SMILES string of the molecule is N#Cc1cc(C(N)=O)c(Cl)cc1Cl. The van der Waals surface area contributed by atoms with Crippen molar-refractivity contribution in [3.05, 3.63) is 33.3 Å². The van der Waals surface area contributed by atoms with Gasteiger partial charge in [-0.25, -0.2) is 0 Å². The lowest BCUT2D eigenvalue weighted by atomic mass is 10.1. The lowest BCUT2D eigenvalue weighted by molar-refractivity contribution is 0.100. The number of benzene rings is 1. The number of nitriles is 1. The molecule has 0 atom stereocenters. The Morgan fingerprint density at radius 3 is 2.46 bits per heavy atom. The third-order valence-corrected chi connectivity index (χ3v) is 2.07. The van der Waals surface area contributed by atoms with E-state index in [0.717, 1.165) is 0 Å². The van der Waals surface area contributed by atoms with Crippen LogP contribution in [0.4, 0.5) is 0 Å². The molecule has 0 saturated carbocycles. The molecule has 2 N–H and O–H groups in total. The minimum absolute atomic E-state index is 0.0996. The first-order valence-electron chi connectivity index (χ1n) is 3.25. The molecule has 0 fully saturated rings. The fourth-order valence-electron chi connectivity index (χ4n) is 0.823. The zero-order valence-corrected chi connectivity index (χ0v) is 7.86. The molecular formula is C8H4Cl2N2O. The third kappa shape index (κ3) is 1.92. The second-order valence-electron chi connectivity index (χ2n) is 2.29. The molecule has 0 aliphatic carbocycles. The summed E-state index contributed by atoms with van der Waals surface area (Å²) in [6.07, 6.45) is 0. The minimum atomic E-state index is -0.682. The van der Waals surface area contributed by atoms with E-state index in [2.05, 4.69) is 0 Å². The number of hydrogen-bond donors (Lipinski definition) is 1. The van der Waals surface area contributed by atoms with Crippen molar-refractivity contribution in [2.75, 3.05) is 0 Å². The van der Waals surface area contributed by atoms with Crippen LogP contribution >= 0.6 is 23.2 Å². The predicted molar refractivity (Wildman–Crippen MR) is 49.7 cm³/mol. The van der Waals surface area contributed by atoms with Crippen molar-refractivity contribution < 1.29 is 4.79 Å². The van der Waals surface area contributed by atoms with Crippen LogP contribution in [0.1, 0.15) is 15.9 Å². The van der Waals surface area contributed by atoms with Crippen molar-refractivity contribution in [3.63, 3.8) is 0 Å². The van der Waals surface area contributed by atoms with Crippen LogP contribution in [0.2, 0.25) is 10.0 Å². The van der Waals surface area contributed by atoms with Crippen molar-refractivity contribution in [2.45, 2.75) is 0 Å². The summed E-state index contributed by atoms with van der Waals surface area (Å²) < 4.78 is 0. The fraction of sp³-hybridized carbons (Fsp3) is 0. The molecule has 0 aliphatic heterocycles. The molecule has 3 nitrogen and oxygen atoms in total. The van der Waals surface area contributed by atoms with Gasteiger partial charge in [0.15, 0.2) is 0 Å². The van der Waals surface area contributed by atoms with E-state index in [1.54, 1.807) is 0 Å². The standard InChI is InChI=1S/C8H4Cl2N2O/c9-6-2-7(10)5(8(12)13)1-4(6)3-11/h1-2H,(H2,12,13). The summed E-state index contributed by atoms with van der Waals surface area (Å²) in [5, 5.41) is 8.94. The first kappa shape index (κ1) is 9.85. The van der Waals surface area contributed by atoms with Gasteiger partial charge in [0.25, 0.3) is 0 Å². The van der Waals surface area contributed by atoms with Crippen LogP contribution in [0, 0.1) is 11.3 Å². The molecule has 0 spiro atoms. The van der Waals surface area contributed by atoms with Gasteiger partial charge in [-0.15, -0.1) is 0 Å². The van der Waals surface area contributed by atoms with Gasteiger partial charge in [0.1, 0.15) is 6.07 Å². The number of amides is 1. The number of primary amides is 1. The summed E-state index contributed by atoms with van der Waals surface area (Å²) in [5.41, 5.74) is 5.29. The molecule has 1 rings (SSSR count). The summed E-state index contributed by atoms with van der Waals surface area (Å²) in [6.45, 7) is 0. The maximum atomic E-state index is 10.8. The van der Waals surface area contributed by atoms with E-state index >= 15 is 0 Å². The molecule has 5 heteroatoms. The molecular weight excluding hydrogens is 211 g/mol. The summed E-state index contributed by atoms with van der Waals surface area (Å²) in [5.74, 6) is -0.682. The molecule has 1 aromatic rings. The summed E-state index contributed by atoms with van der Waals surface area (Å²) in [7, 11) is 0. The van der Waals surface area contributed by atoms with Gasteiger partial charge in [-0.2, -0.15) is 5.26 Å². The zero-order valence-electron chi connectivity index (χ0n) is 6.34.